The first-order valence-electron chi connectivity index (χ1n) is 7.73. The Hall–Kier alpha value is -0.900. The topological polar surface area (TPSA) is 88.3 Å². The largest absolute Gasteiger partial charge is 0.359 e. The minimum Gasteiger partial charge on any atom is -0.359 e. The molecule has 0 amide bonds. The van der Waals surface area contributed by atoms with E-state index in [0.29, 0.717) is 15.2 Å². The Bertz CT molecular complexity index is 849. The van der Waals surface area contributed by atoms with E-state index in [1.54, 1.807) is 0 Å². The zero-order valence-corrected chi connectivity index (χ0v) is 16.4. The number of aromatic nitrogens is 1. The summed E-state index contributed by atoms with van der Waals surface area (Å²) in [7, 11) is -3.69. The molecule has 6 nitrogen and oxygen atoms in total. The van der Waals surface area contributed by atoms with Gasteiger partial charge in [-0.3, -0.25) is 4.90 Å². The number of hydrogen-bond donors (Lipinski definition) is 2. The summed E-state index contributed by atoms with van der Waals surface area (Å²) in [5.74, 6) is 0. The molecule has 0 spiro atoms. The minimum absolute atomic E-state index is 0.0760. The molecule has 3 rings (SSSR count). The highest BCUT2D eigenvalue weighted by molar-refractivity contribution is 7.91. The van der Waals surface area contributed by atoms with Crippen LogP contribution in [0.3, 0.4) is 0 Å². The van der Waals surface area contributed by atoms with Crippen molar-refractivity contribution >= 4 is 49.7 Å². The average molecular weight is 421 g/mol. The van der Waals surface area contributed by atoms with Gasteiger partial charge in [-0.1, -0.05) is 40.6 Å². The number of anilines is 1. The molecule has 3 N–H and O–H groups in total. The SMILES string of the molecule is NS(=O)(=O)c1cnc(NC2CCN(Cc3ccc(Cl)c(Cl)c3)CC2)s1. The van der Waals surface area contributed by atoms with Crippen LogP contribution in [0.1, 0.15) is 18.4 Å². The van der Waals surface area contributed by atoms with Gasteiger partial charge < -0.3 is 5.32 Å². The Labute approximate surface area is 161 Å². The number of thiazole rings is 1. The molecule has 136 valence electrons. The molecule has 0 atom stereocenters. The first-order chi connectivity index (χ1) is 11.8. The molecule has 0 radical (unpaired) electrons. The predicted octanol–water partition coefficient (Wildman–Crippen LogP) is 3.17. The zero-order chi connectivity index (χ0) is 18.0. The number of primary sulfonamides is 1. The minimum atomic E-state index is -3.69. The molecule has 1 fully saturated rings. The fourth-order valence-corrected chi connectivity index (χ4v) is 4.61. The molecule has 1 aliphatic rings. The molecule has 0 saturated carbocycles. The van der Waals surface area contributed by atoms with E-state index in [1.165, 1.54) is 6.20 Å². The molecule has 25 heavy (non-hydrogen) atoms. The van der Waals surface area contributed by atoms with E-state index >= 15 is 0 Å². The Morgan fingerprint density at radius 3 is 2.60 bits per heavy atom. The molecule has 2 aromatic rings. The van der Waals surface area contributed by atoms with E-state index in [2.05, 4.69) is 15.2 Å². The maximum Gasteiger partial charge on any atom is 0.249 e. The smallest absolute Gasteiger partial charge is 0.249 e. The van der Waals surface area contributed by atoms with Crippen molar-refractivity contribution in [3.63, 3.8) is 0 Å². The molecule has 1 aromatic carbocycles. The van der Waals surface area contributed by atoms with E-state index in [0.717, 1.165) is 49.4 Å². The van der Waals surface area contributed by atoms with Gasteiger partial charge in [0.15, 0.2) is 9.34 Å². The van der Waals surface area contributed by atoms with Crippen molar-refractivity contribution in [1.82, 2.24) is 9.88 Å². The van der Waals surface area contributed by atoms with Crippen LogP contribution in [0.4, 0.5) is 5.13 Å². The molecule has 0 aliphatic carbocycles. The van der Waals surface area contributed by atoms with E-state index < -0.39 is 10.0 Å². The number of likely N-dealkylation sites (tertiary alicyclic amines) is 1. The molecule has 10 heteroatoms. The maximum absolute atomic E-state index is 11.3. The Kier molecular flexibility index (Phi) is 5.87. The van der Waals surface area contributed by atoms with Crippen LogP contribution in [0.15, 0.2) is 28.6 Å². The summed E-state index contributed by atoms with van der Waals surface area (Å²) in [4.78, 5) is 6.45. The van der Waals surface area contributed by atoms with Crippen LogP contribution in [0.2, 0.25) is 10.0 Å². The van der Waals surface area contributed by atoms with Crippen molar-refractivity contribution < 1.29 is 8.42 Å². The third kappa shape index (κ3) is 5.06. The first kappa shape index (κ1) is 18.9. The molecular weight excluding hydrogens is 403 g/mol. The van der Waals surface area contributed by atoms with Gasteiger partial charge in [-0.25, -0.2) is 18.5 Å². The van der Waals surface area contributed by atoms with Crippen molar-refractivity contribution in [3.8, 4) is 0 Å². The van der Waals surface area contributed by atoms with Crippen LogP contribution < -0.4 is 10.5 Å². The molecule has 1 aromatic heterocycles. The summed E-state index contributed by atoms with van der Waals surface area (Å²) >= 11 is 13.1. The Balaban J connectivity index is 1.51. The second-order valence-corrected chi connectivity index (χ2v) is 9.61. The van der Waals surface area contributed by atoms with Crippen molar-refractivity contribution in [2.75, 3.05) is 18.4 Å². The lowest BCUT2D eigenvalue weighted by Gasteiger charge is -2.32. The molecule has 2 heterocycles. The zero-order valence-electron chi connectivity index (χ0n) is 13.3. The van der Waals surface area contributed by atoms with Gasteiger partial charge in [0.1, 0.15) is 0 Å². The summed E-state index contributed by atoms with van der Waals surface area (Å²) < 4.78 is 22.7. The van der Waals surface area contributed by atoms with E-state index in [9.17, 15) is 8.42 Å². The number of hydrogen-bond acceptors (Lipinski definition) is 6. The number of rotatable bonds is 5. The number of sulfonamides is 1. The van der Waals surface area contributed by atoms with Crippen molar-refractivity contribution in [2.24, 2.45) is 5.14 Å². The van der Waals surface area contributed by atoms with Gasteiger partial charge >= 0.3 is 0 Å². The summed E-state index contributed by atoms with van der Waals surface area (Å²) in [6.07, 6.45) is 3.19. The molecule has 0 bridgehead atoms. The van der Waals surface area contributed by atoms with Crippen molar-refractivity contribution in [1.29, 1.82) is 0 Å². The fraction of sp³-hybridized carbons (Fsp3) is 0.400. The molecular formula is C15H18Cl2N4O2S2. The Morgan fingerprint density at radius 2 is 2.00 bits per heavy atom. The van der Waals surface area contributed by atoms with Crippen LogP contribution in [0, 0.1) is 0 Å². The molecule has 1 aliphatic heterocycles. The number of benzene rings is 1. The number of nitrogens with zero attached hydrogens (tertiary/aromatic N) is 2. The number of nitrogens with one attached hydrogen (secondary N) is 1. The summed E-state index contributed by atoms with van der Waals surface area (Å²) in [5, 5.41) is 10.1. The van der Waals surface area contributed by atoms with Crippen LogP contribution in [-0.2, 0) is 16.6 Å². The lowest BCUT2D eigenvalue weighted by atomic mass is 10.0. The number of piperidine rings is 1. The van der Waals surface area contributed by atoms with Gasteiger partial charge in [0, 0.05) is 25.7 Å². The van der Waals surface area contributed by atoms with Gasteiger partial charge in [-0.15, -0.1) is 0 Å². The number of halogens is 2. The van der Waals surface area contributed by atoms with Gasteiger partial charge in [-0.2, -0.15) is 0 Å². The highest BCUT2D eigenvalue weighted by Crippen LogP contribution is 2.26. The third-order valence-electron chi connectivity index (χ3n) is 4.07. The van der Waals surface area contributed by atoms with E-state index in [4.69, 9.17) is 28.3 Å². The van der Waals surface area contributed by atoms with Gasteiger partial charge in [0.05, 0.1) is 16.2 Å². The molecule has 0 unspecified atom stereocenters. The van der Waals surface area contributed by atoms with Crippen LogP contribution in [0.25, 0.3) is 0 Å². The summed E-state index contributed by atoms with van der Waals surface area (Å²) in [6, 6.07) is 5.98. The average Bonchev–Trinajstić information content (AvgIpc) is 3.02. The second kappa shape index (κ2) is 7.77. The second-order valence-electron chi connectivity index (χ2n) is 5.97. The van der Waals surface area contributed by atoms with Crippen LogP contribution in [-0.4, -0.2) is 37.4 Å². The highest BCUT2D eigenvalue weighted by atomic mass is 35.5. The monoisotopic (exact) mass is 420 g/mol. The number of nitrogens with two attached hydrogens (primary N) is 1. The van der Waals surface area contributed by atoms with Crippen molar-refractivity contribution in [2.45, 2.75) is 29.6 Å². The molecule has 1 saturated heterocycles. The highest BCUT2D eigenvalue weighted by Gasteiger charge is 2.21. The van der Waals surface area contributed by atoms with Crippen LogP contribution in [0.5, 0.6) is 0 Å². The Morgan fingerprint density at radius 1 is 1.28 bits per heavy atom. The lowest BCUT2D eigenvalue weighted by Crippen LogP contribution is -2.38. The summed E-state index contributed by atoms with van der Waals surface area (Å²) in [5.41, 5.74) is 1.14. The normalized spacial score (nSPS) is 16.9. The quantitative estimate of drug-likeness (QED) is 0.774. The van der Waals surface area contributed by atoms with E-state index in [1.807, 2.05) is 18.2 Å². The standard InChI is InChI=1S/C15H18Cl2N4O2S2/c16-12-2-1-10(7-13(12)17)9-21-5-3-11(4-6-21)20-15-19-8-14(24-15)25(18,22)23/h1-2,7-8,11H,3-6,9H2,(H,19,20)(H2,18,22,23). The predicted molar refractivity (Wildman–Crippen MR) is 102 cm³/mol. The van der Waals surface area contributed by atoms with Crippen molar-refractivity contribution in [3.05, 3.63) is 40.0 Å². The first-order valence-corrected chi connectivity index (χ1v) is 10.8. The van der Waals surface area contributed by atoms with Crippen LogP contribution >= 0.6 is 34.5 Å². The van der Waals surface area contributed by atoms with Gasteiger partial charge in [0.25, 0.3) is 0 Å². The summed E-state index contributed by atoms with van der Waals surface area (Å²) in [6.45, 7) is 2.70. The van der Waals surface area contributed by atoms with Gasteiger partial charge in [-0.05, 0) is 30.5 Å². The van der Waals surface area contributed by atoms with E-state index in [-0.39, 0.29) is 10.3 Å². The third-order valence-corrected chi connectivity index (χ3v) is 7.15. The maximum atomic E-state index is 11.3. The fourth-order valence-electron chi connectivity index (χ4n) is 2.76. The lowest BCUT2D eigenvalue weighted by molar-refractivity contribution is 0.211. The van der Waals surface area contributed by atoms with Gasteiger partial charge in [0.2, 0.25) is 10.0 Å².